The largest absolute Gasteiger partial charge is 0.492 e. The number of hydrogen-bond acceptors (Lipinski definition) is 9. The van der Waals surface area contributed by atoms with Gasteiger partial charge in [-0.05, 0) is 139 Å². The number of carbonyl (C=O) groups is 4. The molecule has 272 valence electrons. The zero-order valence-electron chi connectivity index (χ0n) is 28.0. The van der Waals surface area contributed by atoms with Crippen LogP contribution in [0.25, 0.3) is 20.5 Å². The molecule has 2 fully saturated rings. The van der Waals surface area contributed by atoms with Crippen LogP contribution >= 0.6 is 27.3 Å². The molecule has 14 heteroatoms. The molecule has 2 saturated heterocycles. The third kappa shape index (κ3) is 12.3. The number of hydrogen-bond donors (Lipinski definition) is 4. The van der Waals surface area contributed by atoms with Gasteiger partial charge in [0.2, 0.25) is 0 Å². The Morgan fingerprint density at radius 2 is 1.22 bits per heavy atom. The van der Waals surface area contributed by atoms with Crippen molar-refractivity contribution in [1.82, 2.24) is 9.80 Å². The number of fused-ring (bicyclic) bond motifs is 1. The number of ether oxygens (including phenoxy) is 2. The van der Waals surface area contributed by atoms with E-state index in [2.05, 4.69) is 92.5 Å². The van der Waals surface area contributed by atoms with Crippen molar-refractivity contribution in [2.75, 3.05) is 52.5 Å². The molecule has 6 rings (SSSR count). The van der Waals surface area contributed by atoms with Gasteiger partial charge >= 0.3 is 23.9 Å². The lowest BCUT2D eigenvalue weighted by atomic mass is 9.99. The number of aliphatic carboxylic acids is 4. The SMILES string of the molecule is Brc1cc(Cc2c(-c3ccc(OCCN4CCCC4)cc3)sc3ccccc23)ccc1OCCN1CCCC1.O=C(O)C(=O)O.O=C(O)C(=O)O. The maximum absolute atomic E-state index is 9.10. The first-order valence-electron chi connectivity index (χ1n) is 16.5. The van der Waals surface area contributed by atoms with Crippen LogP contribution < -0.4 is 9.47 Å². The van der Waals surface area contributed by atoms with Crippen LogP contribution in [0.4, 0.5) is 0 Å². The highest BCUT2D eigenvalue weighted by Gasteiger charge is 2.17. The molecular formula is C37H41BrN2O10S. The average Bonchev–Trinajstić information content (AvgIpc) is 3.90. The summed E-state index contributed by atoms with van der Waals surface area (Å²) in [6.45, 7) is 8.32. The van der Waals surface area contributed by atoms with Gasteiger partial charge in [-0.2, -0.15) is 0 Å². The summed E-state index contributed by atoms with van der Waals surface area (Å²) in [5.74, 6) is -5.42. The molecule has 51 heavy (non-hydrogen) atoms. The molecule has 12 nitrogen and oxygen atoms in total. The fourth-order valence-electron chi connectivity index (χ4n) is 5.78. The van der Waals surface area contributed by atoms with E-state index in [1.807, 2.05) is 11.3 Å². The first-order valence-corrected chi connectivity index (χ1v) is 18.1. The minimum absolute atomic E-state index is 0.731. The van der Waals surface area contributed by atoms with Crippen LogP contribution in [-0.2, 0) is 25.6 Å². The molecule has 0 atom stereocenters. The van der Waals surface area contributed by atoms with Crippen LogP contribution in [0.15, 0.2) is 71.2 Å². The van der Waals surface area contributed by atoms with Crippen molar-refractivity contribution in [2.45, 2.75) is 32.1 Å². The first-order chi connectivity index (χ1) is 24.5. The van der Waals surface area contributed by atoms with E-state index >= 15 is 0 Å². The quantitative estimate of drug-likeness (QED) is 0.127. The molecule has 0 amide bonds. The molecule has 0 radical (unpaired) electrons. The van der Waals surface area contributed by atoms with Crippen molar-refractivity contribution in [3.8, 4) is 21.9 Å². The minimum Gasteiger partial charge on any atom is -0.492 e. The lowest BCUT2D eigenvalue weighted by molar-refractivity contribution is -0.159. The Labute approximate surface area is 308 Å². The molecule has 2 aliphatic heterocycles. The van der Waals surface area contributed by atoms with Crippen LogP contribution in [0.3, 0.4) is 0 Å². The summed E-state index contributed by atoms with van der Waals surface area (Å²) in [4.78, 5) is 42.7. The summed E-state index contributed by atoms with van der Waals surface area (Å²) in [5, 5.41) is 30.9. The fourth-order valence-corrected chi connectivity index (χ4v) is 7.54. The molecular weight excluding hydrogens is 744 g/mol. The Balaban J connectivity index is 0.000000420. The van der Waals surface area contributed by atoms with Gasteiger partial charge in [-0.25, -0.2) is 19.2 Å². The van der Waals surface area contributed by atoms with Gasteiger partial charge in [-0.3, -0.25) is 9.80 Å². The monoisotopic (exact) mass is 784 g/mol. The molecule has 0 aliphatic carbocycles. The topological polar surface area (TPSA) is 174 Å². The summed E-state index contributed by atoms with van der Waals surface area (Å²) in [7, 11) is 0. The third-order valence-electron chi connectivity index (χ3n) is 8.30. The Kier molecular flexibility index (Phi) is 15.2. The van der Waals surface area contributed by atoms with Crippen LogP contribution in [0.2, 0.25) is 0 Å². The van der Waals surface area contributed by atoms with Crippen molar-refractivity contribution >= 4 is 61.2 Å². The number of thiophene rings is 1. The lowest BCUT2D eigenvalue weighted by Crippen LogP contribution is -2.25. The predicted octanol–water partition coefficient (Wildman–Crippen LogP) is 6.18. The second kappa shape index (κ2) is 19.8. The number of carboxylic acid groups (broad SMARTS) is 4. The Hall–Kier alpha value is -4.50. The van der Waals surface area contributed by atoms with Crippen LogP contribution in [-0.4, -0.2) is 107 Å². The second-order valence-electron chi connectivity index (χ2n) is 11.9. The number of rotatable bonds is 11. The second-order valence-corrected chi connectivity index (χ2v) is 13.8. The van der Waals surface area contributed by atoms with Gasteiger partial charge in [0.15, 0.2) is 0 Å². The highest BCUT2D eigenvalue weighted by molar-refractivity contribution is 9.10. The normalized spacial score (nSPS) is 14.2. The van der Waals surface area contributed by atoms with Gasteiger partial charge in [-0.1, -0.05) is 24.3 Å². The van der Waals surface area contributed by atoms with E-state index < -0.39 is 23.9 Å². The summed E-state index contributed by atoms with van der Waals surface area (Å²) < 4.78 is 14.5. The fraction of sp³-hybridized carbons (Fsp3) is 0.351. The zero-order chi connectivity index (χ0) is 36.8. The number of halogens is 1. The smallest absolute Gasteiger partial charge is 0.414 e. The van der Waals surface area contributed by atoms with E-state index in [9.17, 15) is 0 Å². The van der Waals surface area contributed by atoms with Gasteiger partial charge in [0.25, 0.3) is 0 Å². The number of nitrogens with zero attached hydrogens (tertiary/aromatic N) is 2. The molecule has 3 heterocycles. The number of likely N-dealkylation sites (tertiary alicyclic amines) is 2. The van der Waals surface area contributed by atoms with E-state index in [-0.39, 0.29) is 0 Å². The predicted molar refractivity (Wildman–Crippen MR) is 197 cm³/mol. The van der Waals surface area contributed by atoms with E-state index in [1.54, 1.807) is 0 Å². The molecule has 0 unspecified atom stereocenters. The maximum Gasteiger partial charge on any atom is 0.414 e. The summed E-state index contributed by atoms with van der Waals surface area (Å²) >= 11 is 5.65. The van der Waals surface area contributed by atoms with Gasteiger partial charge in [0.1, 0.15) is 24.7 Å². The Morgan fingerprint density at radius 3 is 1.75 bits per heavy atom. The Bertz CT molecular complexity index is 1740. The highest BCUT2D eigenvalue weighted by atomic mass is 79.9. The van der Waals surface area contributed by atoms with Gasteiger partial charge in [0.05, 0.1) is 4.47 Å². The third-order valence-corrected chi connectivity index (χ3v) is 10.2. The molecule has 2 aliphatic rings. The van der Waals surface area contributed by atoms with Gasteiger partial charge < -0.3 is 29.9 Å². The molecule has 4 N–H and O–H groups in total. The van der Waals surface area contributed by atoms with E-state index in [0.717, 1.165) is 48.7 Å². The molecule has 3 aromatic carbocycles. The molecule has 0 bridgehead atoms. The number of benzene rings is 3. The van der Waals surface area contributed by atoms with Crippen LogP contribution in [0.1, 0.15) is 36.8 Å². The number of carboxylic acids is 4. The summed E-state index contributed by atoms with van der Waals surface area (Å²) in [5.41, 5.74) is 3.91. The molecule has 4 aromatic rings. The first kappa shape index (κ1) is 39.3. The minimum atomic E-state index is -1.82. The van der Waals surface area contributed by atoms with Gasteiger partial charge in [0, 0.05) is 22.7 Å². The zero-order valence-corrected chi connectivity index (χ0v) is 30.4. The molecule has 0 spiro atoms. The summed E-state index contributed by atoms with van der Waals surface area (Å²) in [6.07, 6.45) is 6.14. The van der Waals surface area contributed by atoms with Crippen LogP contribution in [0.5, 0.6) is 11.5 Å². The Morgan fingerprint density at radius 1 is 0.686 bits per heavy atom. The van der Waals surface area contributed by atoms with Crippen molar-refractivity contribution in [3.05, 3.63) is 82.3 Å². The van der Waals surface area contributed by atoms with Crippen molar-refractivity contribution in [1.29, 1.82) is 0 Å². The lowest BCUT2D eigenvalue weighted by Gasteiger charge is -2.16. The van der Waals surface area contributed by atoms with Crippen LogP contribution in [0, 0.1) is 0 Å². The van der Waals surface area contributed by atoms with E-state index in [1.165, 1.54) is 83.5 Å². The summed E-state index contributed by atoms with van der Waals surface area (Å²) in [6, 6.07) is 24.0. The van der Waals surface area contributed by atoms with Gasteiger partial charge in [-0.15, -0.1) is 11.3 Å². The maximum atomic E-state index is 9.10. The van der Waals surface area contributed by atoms with E-state index in [4.69, 9.17) is 49.1 Å². The molecule has 0 saturated carbocycles. The standard InChI is InChI=1S/C33H37BrN2O2S.2C2H2O4/c34-30-24-25(9-14-31(30)38-22-20-36-17-5-6-18-36)23-29-28-7-1-2-8-32(28)39-33(29)26-10-12-27(13-11-26)37-21-19-35-15-3-4-16-35;2*3-1(4)2(5)6/h1-2,7-14,24H,3-6,15-23H2;2*(H,3,4)(H,5,6). The van der Waals surface area contributed by atoms with Crippen molar-refractivity contribution in [3.63, 3.8) is 0 Å². The average molecular weight is 786 g/mol. The van der Waals surface area contributed by atoms with E-state index in [0.29, 0.717) is 0 Å². The molecule has 1 aromatic heterocycles. The highest BCUT2D eigenvalue weighted by Crippen LogP contribution is 2.41. The van der Waals surface area contributed by atoms with Crippen molar-refractivity contribution in [2.24, 2.45) is 0 Å². The van der Waals surface area contributed by atoms with Crippen molar-refractivity contribution < 1.29 is 49.1 Å².